The van der Waals surface area contributed by atoms with Gasteiger partial charge in [0.25, 0.3) is 0 Å². The molecule has 7 aromatic carbocycles. The standard InChI is InChI=1S/C24BF20.C20H21O3S/c26-5-1(6(27)14(35)21(42)13(5)34)25(2-7(28)15(36)22(43)16(37)8(2)29,3-9(30)17(38)23(44)18(39)10(3)31)4-11(32)19(40)24(45)20(41)12(4)33;21-9-11-24(12-10-22)14-19(23)20-17-7-3-1-5-15(17)13-16-6-2-4-8-18(16)20/h;1-8,13,21-22H,9-12,14H2/q-1;+1. The van der Waals surface area contributed by atoms with Crippen molar-refractivity contribution < 1.29 is 103 Å². The van der Waals surface area contributed by atoms with Crippen molar-refractivity contribution in [2.45, 2.75) is 0 Å². The van der Waals surface area contributed by atoms with Gasteiger partial charge in [0.1, 0.15) is 64.2 Å². The van der Waals surface area contributed by atoms with Gasteiger partial charge in [-0.25, -0.2) is 87.8 Å². The van der Waals surface area contributed by atoms with Gasteiger partial charge in [-0.05, 0) is 27.6 Å². The summed E-state index contributed by atoms with van der Waals surface area (Å²) < 4.78 is 294. The number of hydrogen-bond acceptors (Lipinski definition) is 3. The summed E-state index contributed by atoms with van der Waals surface area (Å²) in [6, 6.07) is 18.0. The fourth-order valence-corrected chi connectivity index (χ4v) is 9.47. The lowest BCUT2D eigenvalue weighted by molar-refractivity contribution is 0.102. The molecule has 69 heavy (non-hydrogen) atoms. The van der Waals surface area contributed by atoms with Gasteiger partial charge in [0.05, 0.1) is 13.2 Å². The molecule has 7 rings (SSSR count). The molecular weight excluding hydrogens is 999 g/mol. The number of fused-ring (bicyclic) bond motifs is 2. The third kappa shape index (κ3) is 8.40. The molecule has 0 bridgehead atoms. The maximum atomic E-state index is 15.4. The maximum absolute atomic E-state index is 15.4. The van der Waals surface area contributed by atoms with Crippen molar-refractivity contribution in [1.29, 1.82) is 0 Å². The number of carbonyl (C=O) groups excluding carboxylic acids is 1. The minimum atomic E-state index is -7.22. The molecule has 0 amide bonds. The highest BCUT2D eigenvalue weighted by atomic mass is 32.2. The zero-order valence-electron chi connectivity index (χ0n) is 33.6. The number of carbonyl (C=O) groups is 1. The Morgan fingerprint density at radius 1 is 0.377 bits per heavy atom. The third-order valence-corrected chi connectivity index (χ3v) is 13.0. The zero-order chi connectivity index (χ0) is 51.3. The summed E-state index contributed by atoms with van der Waals surface area (Å²) >= 11 is 0. The monoisotopic (exact) mass is 1020 g/mol. The second-order valence-corrected chi connectivity index (χ2v) is 16.9. The lowest BCUT2D eigenvalue weighted by Gasteiger charge is -2.44. The first kappa shape index (κ1) is 52.0. The summed E-state index contributed by atoms with van der Waals surface area (Å²) in [6.45, 7) is 0.0966. The SMILES string of the molecule is Fc1c(F)c(F)c([B-](c2c(F)c(F)c(F)c(F)c2F)(c2c(F)c(F)c(F)c(F)c2F)c2c(F)c(F)c(F)c(F)c2F)c(F)c1F.O=C(C[S+](CCO)CCO)c1c2ccccc2cc2ccccc12. The van der Waals surface area contributed by atoms with Gasteiger partial charge in [-0.15, -0.1) is 21.9 Å². The van der Waals surface area contributed by atoms with Crippen molar-refractivity contribution in [2.24, 2.45) is 0 Å². The molecular formula is C44H21BF20O3S. The summed E-state index contributed by atoms with van der Waals surface area (Å²) in [5.74, 6) is -69.8. The molecule has 0 spiro atoms. The van der Waals surface area contributed by atoms with E-state index in [9.17, 15) is 67.7 Å². The molecule has 364 valence electrons. The van der Waals surface area contributed by atoms with Crippen LogP contribution in [-0.4, -0.2) is 52.6 Å². The van der Waals surface area contributed by atoms with Gasteiger partial charge < -0.3 is 10.2 Å². The quantitative estimate of drug-likeness (QED) is 0.0260. The van der Waals surface area contributed by atoms with Gasteiger partial charge >= 0.3 is 0 Å². The van der Waals surface area contributed by atoms with E-state index in [0.29, 0.717) is 17.3 Å². The van der Waals surface area contributed by atoms with Crippen LogP contribution in [0.15, 0.2) is 54.6 Å². The number of aliphatic hydroxyl groups is 2. The molecule has 0 fully saturated rings. The van der Waals surface area contributed by atoms with Crippen LogP contribution in [0.4, 0.5) is 87.8 Å². The molecule has 0 aromatic heterocycles. The second kappa shape index (κ2) is 19.9. The molecule has 2 N–H and O–H groups in total. The van der Waals surface area contributed by atoms with Gasteiger partial charge in [-0.2, -0.15) is 0 Å². The van der Waals surface area contributed by atoms with Crippen molar-refractivity contribution in [3.63, 3.8) is 0 Å². The number of halogens is 20. The highest BCUT2D eigenvalue weighted by Crippen LogP contribution is 2.32. The molecule has 25 heteroatoms. The molecule has 0 saturated carbocycles. The fourth-order valence-electron chi connectivity index (χ4n) is 7.95. The highest BCUT2D eigenvalue weighted by Gasteiger charge is 2.52. The van der Waals surface area contributed by atoms with Gasteiger partial charge in [-0.3, -0.25) is 4.79 Å². The normalized spacial score (nSPS) is 11.8. The molecule has 0 heterocycles. The van der Waals surface area contributed by atoms with E-state index >= 15 is 35.1 Å². The third-order valence-electron chi connectivity index (χ3n) is 10.9. The van der Waals surface area contributed by atoms with E-state index in [1.807, 2.05) is 48.5 Å². The molecule has 7 aromatic rings. The number of aliphatic hydroxyl groups excluding tert-OH is 2. The number of ketones is 1. The van der Waals surface area contributed by atoms with E-state index < -0.39 is 144 Å². The number of Topliss-reactive ketones (excluding diaryl/α,β-unsaturated/α-hetero) is 1. The first-order valence-corrected chi connectivity index (χ1v) is 20.7. The van der Waals surface area contributed by atoms with E-state index in [1.54, 1.807) is 0 Å². The molecule has 0 unspecified atom stereocenters. The lowest BCUT2D eigenvalue weighted by Crippen LogP contribution is -2.81. The summed E-state index contributed by atoms with van der Waals surface area (Å²) in [6.07, 6.45) is -7.22. The Labute approximate surface area is 375 Å². The Hall–Kier alpha value is -6.34. The summed E-state index contributed by atoms with van der Waals surface area (Å²) in [4.78, 5) is 13.1. The number of benzene rings is 7. The van der Waals surface area contributed by atoms with Crippen LogP contribution < -0.4 is 21.9 Å². The van der Waals surface area contributed by atoms with Crippen molar-refractivity contribution in [3.05, 3.63) is 177 Å². The van der Waals surface area contributed by atoms with Gasteiger partial charge in [-0.1, -0.05) is 48.5 Å². The van der Waals surface area contributed by atoms with Crippen molar-refractivity contribution >= 4 is 66.2 Å². The Bertz CT molecular complexity index is 2780. The van der Waals surface area contributed by atoms with Crippen molar-refractivity contribution in [3.8, 4) is 0 Å². The summed E-state index contributed by atoms with van der Waals surface area (Å²) in [5.41, 5.74) is -13.6. The van der Waals surface area contributed by atoms with Crippen LogP contribution in [-0.2, 0) is 10.9 Å². The van der Waals surface area contributed by atoms with Crippen LogP contribution >= 0.6 is 0 Å². The predicted octanol–water partition coefficient (Wildman–Crippen LogP) is 8.62. The first-order chi connectivity index (χ1) is 32.4. The van der Waals surface area contributed by atoms with Gasteiger partial charge in [0.2, 0.25) is 5.78 Å². The minimum Gasteiger partial charge on any atom is -0.391 e. The Kier molecular flexibility index (Phi) is 15.0. The number of rotatable bonds is 11. The van der Waals surface area contributed by atoms with Crippen LogP contribution in [0.25, 0.3) is 21.5 Å². The average Bonchev–Trinajstić information content (AvgIpc) is 3.33. The average molecular weight is 1020 g/mol. The van der Waals surface area contributed by atoms with Gasteiger partial charge in [0.15, 0.2) is 75.6 Å². The van der Waals surface area contributed by atoms with Crippen LogP contribution in [0.2, 0.25) is 0 Å². The zero-order valence-corrected chi connectivity index (χ0v) is 34.4. The molecule has 3 nitrogen and oxygen atoms in total. The molecule has 0 aliphatic rings. The Morgan fingerprint density at radius 2 is 0.609 bits per heavy atom. The van der Waals surface area contributed by atoms with Gasteiger partial charge in [0, 0.05) is 16.5 Å². The van der Waals surface area contributed by atoms with Crippen LogP contribution in [0.1, 0.15) is 10.4 Å². The van der Waals surface area contributed by atoms with Crippen molar-refractivity contribution in [1.82, 2.24) is 0 Å². The molecule has 0 atom stereocenters. The summed E-state index contributed by atoms with van der Waals surface area (Å²) in [5, 5.41) is 22.5. The van der Waals surface area contributed by atoms with Crippen molar-refractivity contribution in [2.75, 3.05) is 30.5 Å². The summed E-state index contributed by atoms with van der Waals surface area (Å²) in [7, 11) is -0.290. The van der Waals surface area contributed by atoms with E-state index in [4.69, 9.17) is 0 Å². The fraction of sp³-hybridized carbons (Fsp3) is 0.114. The molecule has 0 aliphatic heterocycles. The van der Waals surface area contributed by atoms with E-state index in [1.165, 1.54) is 0 Å². The molecule has 0 aliphatic carbocycles. The lowest BCUT2D eigenvalue weighted by atomic mass is 9.12. The highest BCUT2D eigenvalue weighted by molar-refractivity contribution is 7.97. The minimum absolute atomic E-state index is 0.0483. The Morgan fingerprint density at radius 3 is 0.855 bits per heavy atom. The number of hydrogen-bond donors (Lipinski definition) is 2. The van der Waals surface area contributed by atoms with E-state index in [2.05, 4.69) is 6.07 Å². The van der Waals surface area contributed by atoms with Crippen LogP contribution in [0, 0.1) is 116 Å². The smallest absolute Gasteiger partial charge is 0.213 e. The van der Waals surface area contributed by atoms with E-state index in [0.717, 1.165) is 27.1 Å². The molecule has 0 radical (unpaired) electrons. The molecule has 0 saturated heterocycles. The largest absolute Gasteiger partial charge is 0.391 e. The topological polar surface area (TPSA) is 57.5 Å². The first-order valence-electron chi connectivity index (χ1n) is 19.0. The maximum Gasteiger partial charge on any atom is 0.213 e. The van der Waals surface area contributed by atoms with Crippen LogP contribution in [0.3, 0.4) is 0 Å². The predicted molar refractivity (Wildman–Crippen MR) is 211 cm³/mol. The van der Waals surface area contributed by atoms with Crippen LogP contribution in [0.5, 0.6) is 0 Å². The second-order valence-electron chi connectivity index (χ2n) is 14.5. The van der Waals surface area contributed by atoms with E-state index in [-0.39, 0.29) is 29.9 Å². The Balaban J connectivity index is 0.000000273.